The summed E-state index contributed by atoms with van der Waals surface area (Å²) in [6.07, 6.45) is 4.33. The Morgan fingerprint density at radius 3 is 2.74 bits per heavy atom. The van der Waals surface area contributed by atoms with Gasteiger partial charge in [-0.25, -0.2) is 4.98 Å². The number of ether oxygens (including phenoxy) is 1. The van der Waals surface area contributed by atoms with Crippen molar-refractivity contribution in [1.82, 2.24) is 14.8 Å². The van der Waals surface area contributed by atoms with Gasteiger partial charge < -0.3 is 24.3 Å². The molecule has 4 aliphatic heterocycles. The van der Waals surface area contributed by atoms with E-state index in [4.69, 9.17) is 32.9 Å². The van der Waals surface area contributed by atoms with Crippen molar-refractivity contribution in [2.45, 2.75) is 31.8 Å². The van der Waals surface area contributed by atoms with Crippen molar-refractivity contribution in [2.75, 3.05) is 62.7 Å². The summed E-state index contributed by atoms with van der Waals surface area (Å²) in [5.41, 5.74) is 4.40. The molecular formula is C29H32Cl2N6O2. The van der Waals surface area contributed by atoms with Crippen LogP contribution in [-0.2, 0) is 17.8 Å². The maximum atomic E-state index is 12.0. The van der Waals surface area contributed by atoms with Gasteiger partial charge in [-0.3, -0.25) is 4.79 Å². The van der Waals surface area contributed by atoms with Crippen LogP contribution in [0.1, 0.15) is 29.7 Å². The number of nitriles is 1. The lowest BCUT2D eigenvalue weighted by Gasteiger charge is -2.61. The first-order chi connectivity index (χ1) is 18.8. The van der Waals surface area contributed by atoms with Gasteiger partial charge in [0, 0.05) is 49.7 Å². The quantitative estimate of drug-likeness (QED) is 0.486. The third-order valence-corrected chi connectivity index (χ3v) is 9.48. The Bertz CT molecular complexity index is 1360. The number of rotatable bonds is 6. The predicted molar refractivity (Wildman–Crippen MR) is 153 cm³/mol. The zero-order chi connectivity index (χ0) is 27.3. The van der Waals surface area contributed by atoms with Gasteiger partial charge in [0.15, 0.2) is 0 Å². The molecular weight excluding hydrogens is 535 g/mol. The fourth-order valence-electron chi connectivity index (χ4n) is 6.57. The molecule has 1 unspecified atom stereocenters. The van der Waals surface area contributed by atoms with Crippen LogP contribution in [0, 0.1) is 16.7 Å². The predicted octanol–water partition coefficient (Wildman–Crippen LogP) is 4.13. The van der Waals surface area contributed by atoms with Gasteiger partial charge in [0.2, 0.25) is 11.8 Å². The first-order valence-electron chi connectivity index (χ1n) is 13.5. The smallest absolute Gasteiger partial charge is 0.245 e. The molecule has 0 N–H and O–H groups in total. The van der Waals surface area contributed by atoms with Gasteiger partial charge in [0.1, 0.15) is 18.2 Å². The summed E-state index contributed by atoms with van der Waals surface area (Å²) in [5.74, 6) is 0.383. The second-order valence-electron chi connectivity index (χ2n) is 11.3. The maximum absolute atomic E-state index is 12.0. The fraction of sp³-hybridized carbons (Fsp3) is 0.483. The number of nitrogens with zero attached hydrogens (tertiary/aromatic N) is 6. The summed E-state index contributed by atoms with van der Waals surface area (Å²) in [7, 11) is 2.11. The molecule has 0 saturated carbocycles. The Morgan fingerprint density at radius 2 is 2.05 bits per heavy atom. The SMILES string of the molecule is C=CC(=O)N1CC2(C1)CN(c1c(C#N)c(OCC3CCCN3C)nc3c1CCN(c1cccc(Cl)c1Cl)C3)C2. The minimum absolute atomic E-state index is 0.0228. The lowest BCUT2D eigenvalue weighted by atomic mass is 9.72. The van der Waals surface area contributed by atoms with Crippen molar-refractivity contribution in [3.8, 4) is 11.9 Å². The molecule has 1 amide bonds. The van der Waals surface area contributed by atoms with E-state index in [1.807, 2.05) is 17.0 Å². The number of fused-ring (bicyclic) bond motifs is 1. The number of likely N-dealkylation sites (tertiary alicyclic amines) is 2. The van der Waals surface area contributed by atoms with E-state index in [0.717, 1.165) is 81.2 Å². The molecule has 3 fully saturated rings. The summed E-state index contributed by atoms with van der Waals surface area (Å²) in [4.78, 5) is 25.6. The number of likely N-dealkylation sites (N-methyl/N-ethyl adjacent to an activating group) is 1. The monoisotopic (exact) mass is 566 g/mol. The van der Waals surface area contributed by atoms with E-state index >= 15 is 0 Å². The highest BCUT2D eigenvalue weighted by Crippen LogP contribution is 2.47. The van der Waals surface area contributed by atoms with Crippen LogP contribution in [0.5, 0.6) is 5.88 Å². The van der Waals surface area contributed by atoms with Crippen LogP contribution in [-0.4, -0.2) is 79.7 Å². The number of carbonyl (C=O) groups is 1. The molecule has 3 saturated heterocycles. The van der Waals surface area contributed by atoms with Crippen molar-refractivity contribution in [2.24, 2.45) is 5.41 Å². The number of carbonyl (C=O) groups excluding carboxylic acids is 1. The van der Waals surface area contributed by atoms with Crippen LogP contribution < -0.4 is 14.5 Å². The molecule has 1 aromatic heterocycles. The molecule has 39 heavy (non-hydrogen) atoms. The van der Waals surface area contributed by atoms with E-state index in [-0.39, 0.29) is 11.3 Å². The van der Waals surface area contributed by atoms with Gasteiger partial charge in [-0.05, 0) is 51.1 Å². The molecule has 0 aliphatic carbocycles. The van der Waals surface area contributed by atoms with Crippen molar-refractivity contribution in [3.05, 3.63) is 57.7 Å². The molecule has 6 rings (SSSR count). The summed E-state index contributed by atoms with van der Waals surface area (Å²) in [6.45, 7) is 9.50. The van der Waals surface area contributed by atoms with Crippen LogP contribution in [0.2, 0.25) is 10.0 Å². The molecule has 1 aromatic carbocycles. The van der Waals surface area contributed by atoms with Gasteiger partial charge >= 0.3 is 0 Å². The lowest BCUT2D eigenvalue weighted by Crippen LogP contribution is -2.73. The Morgan fingerprint density at radius 1 is 1.26 bits per heavy atom. The van der Waals surface area contributed by atoms with Gasteiger partial charge in [0.05, 0.1) is 33.7 Å². The molecule has 5 heterocycles. The molecule has 2 aromatic rings. The number of hydrogen-bond donors (Lipinski definition) is 0. The topological polar surface area (TPSA) is 75.9 Å². The number of pyridine rings is 1. The molecule has 0 radical (unpaired) electrons. The van der Waals surface area contributed by atoms with Gasteiger partial charge in [-0.1, -0.05) is 35.8 Å². The van der Waals surface area contributed by atoms with E-state index in [1.54, 1.807) is 6.07 Å². The number of benzene rings is 1. The normalized spacial score (nSPS) is 21.7. The summed E-state index contributed by atoms with van der Waals surface area (Å²) in [6, 6.07) is 8.42. The number of amides is 1. The summed E-state index contributed by atoms with van der Waals surface area (Å²) < 4.78 is 6.32. The molecule has 8 nitrogen and oxygen atoms in total. The Balaban J connectivity index is 1.31. The number of hydrogen-bond acceptors (Lipinski definition) is 7. The van der Waals surface area contributed by atoms with Crippen molar-refractivity contribution in [3.63, 3.8) is 0 Å². The highest BCUT2D eigenvalue weighted by molar-refractivity contribution is 6.43. The fourth-order valence-corrected chi connectivity index (χ4v) is 6.98. The van der Waals surface area contributed by atoms with E-state index < -0.39 is 0 Å². The average molecular weight is 568 g/mol. The second-order valence-corrected chi connectivity index (χ2v) is 12.0. The van der Waals surface area contributed by atoms with Crippen LogP contribution in [0.15, 0.2) is 30.9 Å². The molecule has 10 heteroatoms. The molecule has 4 aliphatic rings. The van der Waals surface area contributed by atoms with Crippen LogP contribution in [0.25, 0.3) is 0 Å². The Kier molecular flexibility index (Phi) is 6.86. The van der Waals surface area contributed by atoms with Crippen LogP contribution >= 0.6 is 23.2 Å². The van der Waals surface area contributed by atoms with Crippen molar-refractivity contribution in [1.29, 1.82) is 5.26 Å². The maximum Gasteiger partial charge on any atom is 0.245 e. The van der Waals surface area contributed by atoms with E-state index in [0.29, 0.717) is 40.7 Å². The van der Waals surface area contributed by atoms with Crippen molar-refractivity contribution >= 4 is 40.5 Å². The highest BCUT2D eigenvalue weighted by Gasteiger charge is 2.54. The van der Waals surface area contributed by atoms with Crippen LogP contribution in [0.3, 0.4) is 0 Å². The third-order valence-electron chi connectivity index (χ3n) is 8.67. The van der Waals surface area contributed by atoms with E-state index in [1.165, 1.54) is 6.08 Å². The summed E-state index contributed by atoms with van der Waals surface area (Å²) >= 11 is 12.9. The molecule has 204 valence electrons. The Hall–Kier alpha value is -2.99. The zero-order valence-corrected chi connectivity index (χ0v) is 23.6. The minimum Gasteiger partial charge on any atom is -0.475 e. The number of aromatic nitrogens is 1. The standard InChI is InChI=1S/C29H32Cl2N6O2/c1-3-25(38)36-15-29(16-36)17-37(18-29)27-20-9-11-35(24-8-4-7-22(30)26(24)31)13-23(20)33-28(21(27)12-32)39-14-19-6-5-10-34(19)2/h3-4,7-8,19H,1,5-6,9-11,13-18H2,2H3. The first kappa shape index (κ1) is 26.2. The highest BCUT2D eigenvalue weighted by atomic mass is 35.5. The lowest BCUT2D eigenvalue weighted by molar-refractivity contribution is -0.139. The van der Waals surface area contributed by atoms with Crippen molar-refractivity contribution < 1.29 is 9.53 Å². The third kappa shape index (κ3) is 4.61. The van der Waals surface area contributed by atoms with Gasteiger partial charge in [-0.2, -0.15) is 5.26 Å². The Labute approximate surface area is 239 Å². The van der Waals surface area contributed by atoms with E-state index in [9.17, 15) is 10.1 Å². The van der Waals surface area contributed by atoms with Gasteiger partial charge in [0.25, 0.3) is 0 Å². The molecule has 1 spiro atoms. The average Bonchev–Trinajstić information content (AvgIpc) is 3.30. The number of halogens is 2. The molecule has 1 atom stereocenters. The molecule has 0 bridgehead atoms. The first-order valence-corrected chi connectivity index (χ1v) is 14.2. The number of anilines is 2. The summed E-state index contributed by atoms with van der Waals surface area (Å²) in [5, 5.41) is 11.4. The minimum atomic E-state index is -0.0228. The zero-order valence-electron chi connectivity index (χ0n) is 22.1. The van der Waals surface area contributed by atoms with Gasteiger partial charge in [-0.15, -0.1) is 0 Å². The van der Waals surface area contributed by atoms with E-state index in [2.05, 4.69) is 34.4 Å². The second kappa shape index (κ2) is 10.2. The largest absolute Gasteiger partial charge is 0.475 e. The van der Waals surface area contributed by atoms with Crippen LogP contribution in [0.4, 0.5) is 11.4 Å².